The maximum absolute atomic E-state index is 13.1. The number of carboxylic acid groups (broad SMARTS) is 2. The van der Waals surface area contributed by atoms with Crippen molar-refractivity contribution in [3.8, 4) is 0 Å². The Hall–Kier alpha value is -3.77. The number of ether oxygens (including phenoxy) is 1. The predicted molar refractivity (Wildman–Crippen MR) is 146 cm³/mol. The summed E-state index contributed by atoms with van der Waals surface area (Å²) in [4.78, 5) is 64.8. The van der Waals surface area contributed by atoms with E-state index in [1.165, 1.54) is 6.07 Å². The normalized spacial score (nSPS) is 15.2. The third-order valence-electron chi connectivity index (χ3n) is 6.51. The highest BCUT2D eigenvalue weighted by Crippen LogP contribution is 2.50. The maximum atomic E-state index is 13.1. The summed E-state index contributed by atoms with van der Waals surface area (Å²) in [5.74, 6) is -5.94. The lowest BCUT2D eigenvalue weighted by molar-refractivity contribution is -0.389. The molecule has 0 bridgehead atoms. The van der Waals surface area contributed by atoms with E-state index in [0.29, 0.717) is 0 Å². The van der Waals surface area contributed by atoms with E-state index in [-0.39, 0.29) is 24.9 Å². The van der Waals surface area contributed by atoms with Crippen LogP contribution in [0.3, 0.4) is 0 Å². The number of aliphatic carboxylic acids is 2. The SMILES string of the molecule is CC(C)(C)OC(=O)N[C@@](C(=O)O)(C([C@H](CCCNC(=O)c1ccc([N+](=O)[O-])nc1)C(=O)O)C(C)(C)C)C(C)(C)C. The molecule has 1 unspecified atom stereocenters. The summed E-state index contributed by atoms with van der Waals surface area (Å²) < 4.78 is 5.38. The zero-order chi connectivity index (χ0) is 31.3. The van der Waals surface area contributed by atoms with Gasteiger partial charge < -0.3 is 35.7 Å². The predicted octanol–water partition coefficient (Wildman–Crippen LogP) is 4.26. The summed E-state index contributed by atoms with van der Waals surface area (Å²) >= 11 is 0. The highest BCUT2D eigenvalue weighted by Gasteiger charge is 2.62. The van der Waals surface area contributed by atoms with Crippen molar-refractivity contribution >= 4 is 29.8 Å². The van der Waals surface area contributed by atoms with E-state index < -0.39 is 68.5 Å². The second-order valence-corrected chi connectivity index (χ2v) is 12.8. The second-order valence-electron chi connectivity index (χ2n) is 12.8. The summed E-state index contributed by atoms with van der Waals surface area (Å²) in [5, 5.41) is 36.9. The Morgan fingerprint density at radius 1 is 1.02 bits per heavy atom. The van der Waals surface area contributed by atoms with Crippen LogP contribution in [0.25, 0.3) is 0 Å². The molecule has 0 spiro atoms. The summed E-state index contributed by atoms with van der Waals surface area (Å²) in [6, 6.07) is 2.35. The van der Waals surface area contributed by atoms with Crippen LogP contribution in [0.5, 0.6) is 0 Å². The lowest BCUT2D eigenvalue weighted by Crippen LogP contribution is -2.71. The molecule has 0 fully saturated rings. The first kappa shape index (κ1) is 34.3. The van der Waals surface area contributed by atoms with Crippen LogP contribution < -0.4 is 10.6 Å². The minimum absolute atomic E-state index is 0.0167. The summed E-state index contributed by atoms with van der Waals surface area (Å²) in [5.41, 5.74) is -4.96. The van der Waals surface area contributed by atoms with Gasteiger partial charge in [-0.3, -0.25) is 9.59 Å². The van der Waals surface area contributed by atoms with Gasteiger partial charge in [0.15, 0.2) is 6.20 Å². The molecule has 1 rings (SSSR count). The highest BCUT2D eigenvalue weighted by atomic mass is 16.6. The van der Waals surface area contributed by atoms with Crippen molar-refractivity contribution in [2.75, 3.05) is 6.54 Å². The number of nitro groups is 1. The van der Waals surface area contributed by atoms with Crippen molar-refractivity contribution in [2.24, 2.45) is 22.7 Å². The van der Waals surface area contributed by atoms with Crippen LogP contribution in [-0.2, 0) is 14.3 Å². The van der Waals surface area contributed by atoms with Gasteiger partial charge in [-0.05, 0) is 60.4 Å². The van der Waals surface area contributed by atoms with Crippen LogP contribution in [0.1, 0.15) is 85.5 Å². The molecule has 0 radical (unpaired) electrons. The molecule has 0 aromatic carbocycles. The van der Waals surface area contributed by atoms with Crippen molar-refractivity contribution < 1.29 is 39.1 Å². The van der Waals surface area contributed by atoms with E-state index in [4.69, 9.17) is 4.74 Å². The van der Waals surface area contributed by atoms with Crippen molar-refractivity contribution in [3.05, 3.63) is 34.0 Å². The zero-order valence-electron chi connectivity index (χ0n) is 24.7. The topological polar surface area (TPSA) is 198 Å². The molecule has 13 nitrogen and oxygen atoms in total. The van der Waals surface area contributed by atoms with E-state index in [2.05, 4.69) is 15.6 Å². The average molecular weight is 567 g/mol. The van der Waals surface area contributed by atoms with Crippen molar-refractivity contribution in [1.29, 1.82) is 0 Å². The lowest BCUT2D eigenvalue weighted by atomic mass is 9.54. The number of alkyl carbamates (subject to hydrolysis) is 1. The first-order valence-electron chi connectivity index (χ1n) is 12.9. The molecule has 4 N–H and O–H groups in total. The number of aromatic nitrogens is 1. The van der Waals surface area contributed by atoms with Crippen molar-refractivity contribution in [1.82, 2.24) is 15.6 Å². The molecule has 13 heteroatoms. The van der Waals surface area contributed by atoms with Crippen LogP contribution in [0.15, 0.2) is 18.3 Å². The molecule has 3 atom stereocenters. The van der Waals surface area contributed by atoms with Gasteiger partial charge in [0, 0.05) is 18.5 Å². The van der Waals surface area contributed by atoms with Gasteiger partial charge in [-0.1, -0.05) is 41.5 Å². The van der Waals surface area contributed by atoms with Gasteiger partial charge in [0.1, 0.15) is 11.1 Å². The third kappa shape index (κ3) is 8.62. The minimum atomic E-state index is -2.05. The first-order chi connectivity index (χ1) is 18.0. The Labute approximate surface area is 234 Å². The van der Waals surface area contributed by atoms with Crippen LogP contribution in [0.2, 0.25) is 0 Å². The Balaban J connectivity index is 3.32. The van der Waals surface area contributed by atoms with Crippen LogP contribution in [0, 0.1) is 32.8 Å². The largest absolute Gasteiger partial charge is 0.481 e. The highest BCUT2D eigenvalue weighted by molar-refractivity contribution is 5.94. The molecule has 0 aliphatic heterocycles. The summed E-state index contributed by atoms with van der Waals surface area (Å²) in [6.45, 7) is 15.0. The fourth-order valence-electron chi connectivity index (χ4n) is 4.95. The molecule has 2 amide bonds. The van der Waals surface area contributed by atoms with Crippen molar-refractivity contribution in [2.45, 2.75) is 86.3 Å². The van der Waals surface area contributed by atoms with Gasteiger partial charge in [0.05, 0.1) is 11.5 Å². The zero-order valence-corrected chi connectivity index (χ0v) is 24.7. The second kappa shape index (κ2) is 12.6. The van der Waals surface area contributed by atoms with Gasteiger partial charge in [-0.15, -0.1) is 0 Å². The molecular weight excluding hydrogens is 524 g/mol. The number of nitrogens with zero attached hydrogens (tertiary/aromatic N) is 2. The smallest absolute Gasteiger partial charge is 0.408 e. The number of hydrogen-bond acceptors (Lipinski definition) is 8. The molecule has 1 aromatic rings. The number of nitrogens with one attached hydrogen (secondary N) is 2. The van der Waals surface area contributed by atoms with E-state index in [1.807, 2.05) is 0 Å². The quantitative estimate of drug-likeness (QED) is 0.170. The van der Waals surface area contributed by atoms with E-state index >= 15 is 0 Å². The number of carboxylic acids is 2. The molecule has 0 aliphatic rings. The van der Waals surface area contributed by atoms with Gasteiger partial charge >= 0.3 is 23.8 Å². The molecule has 40 heavy (non-hydrogen) atoms. The first-order valence-corrected chi connectivity index (χ1v) is 12.9. The molecular formula is C27H42N4O9. The molecule has 0 saturated carbocycles. The Kier molecular flexibility index (Phi) is 10.8. The maximum Gasteiger partial charge on any atom is 0.408 e. The Morgan fingerprint density at radius 3 is 1.98 bits per heavy atom. The number of hydrogen-bond donors (Lipinski definition) is 4. The van der Waals surface area contributed by atoms with Gasteiger partial charge in [0.2, 0.25) is 0 Å². The number of amides is 2. The minimum Gasteiger partial charge on any atom is -0.481 e. The molecule has 1 aromatic heterocycles. The fourth-order valence-corrected chi connectivity index (χ4v) is 4.95. The number of pyridine rings is 1. The number of carbonyl (C=O) groups excluding carboxylic acids is 2. The third-order valence-corrected chi connectivity index (χ3v) is 6.51. The summed E-state index contributed by atoms with van der Waals surface area (Å²) in [6.07, 6.45) is 0.238. The monoisotopic (exact) mass is 566 g/mol. The van der Waals surface area contributed by atoms with Crippen LogP contribution in [0.4, 0.5) is 10.6 Å². The number of rotatable bonds is 11. The van der Waals surface area contributed by atoms with Crippen LogP contribution in [-0.4, -0.2) is 61.7 Å². The molecule has 224 valence electrons. The Morgan fingerprint density at radius 2 is 1.60 bits per heavy atom. The van der Waals surface area contributed by atoms with Gasteiger partial charge in [-0.25, -0.2) is 9.59 Å². The van der Waals surface area contributed by atoms with E-state index in [9.17, 15) is 39.5 Å². The summed E-state index contributed by atoms with van der Waals surface area (Å²) in [7, 11) is 0. The van der Waals surface area contributed by atoms with E-state index in [1.54, 1.807) is 62.3 Å². The van der Waals surface area contributed by atoms with E-state index in [0.717, 1.165) is 12.3 Å². The average Bonchev–Trinajstić information content (AvgIpc) is 2.76. The standard InChI is InChI=1S/C27H42N4O9/c1-24(2,3)19(27(22(35)36,25(4,5)6)30-23(37)40-26(7,8)9)17(21(33)34)11-10-14-28-20(32)16-12-13-18(29-15-16)31(38)39/h12-13,15,17,19H,10-11,14H2,1-9H3,(H,28,32)(H,30,37)(H,33,34)(H,35,36)/t17-,19?,27+/m0/s1. The molecule has 0 saturated heterocycles. The van der Waals surface area contributed by atoms with Crippen molar-refractivity contribution in [3.63, 3.8) is 0 Å². The number of carbonyl (C=O) groups is 4. The Bertz CT molecular complexity index is 1100. The van der Waals surface area contributed by atoms with Gasteiger partial charge in [0.25, 0.3) is 5.91 Å². The fraction of sp³-hybridized carbons (Fsp3) is 0.667. The lowest BCUT2D eigenvalue weighted by Gasteiger charge is -2.53. The van der Waals surface area contributed by atoms with Crippen LogP contribution >= 0.6 is 0 Å². The van der Waals surface area contributed by atoms with Gasteiger partial charge in [-0.2, -0.15) is 0 Å². The molecule has 1 heterocycles. The molecule has 0 aliphatic carbocycles.